The minimum atomic E-state index is -0.511. The summed E-state index contributed by atoms with van der Waals surface area (Å²) in [6.45, 7) is 0. The van der Waals surface area contributed by atoms with Gasteiger partial charge >= 0.3 is 0 Å². The number of rotatable bonds is 3. The van der Waals surface area contributed by atoms with E-state index in [1.54, 1.807) is 0 Å². The summed E-state index contributed by atoms with van der Waals surface area (Å²) < 4.78 is 0. The van der Waals surface area contributed by atoms with Crippen LogP contribution in [-0.4, -0.2) is 18.3 Å². The minimum Gasteiger partial charge on any atom is -0.303 e. The quantitative estimate of drug-likeness (QED) is 0.320. The average Bonchev–Trinajstić information content (AvgIpc) is 1.72. The first-order valence-corrected chi connectivity index (χ1v) is 2.50. The lowest BCUT2D eigenvalue weighted by Gasteiger charge is -1.88. The van der Waals surface area contributed by atoms with E-state index >= 15 is 0 Å². The van der Waals surface area contributed by atoms with Crippen LogP contribution >= 0.6 is 12.6 Å². The topological polar surface area (TPSA) is 34.1 Å². The molecule has 0 aliphatic heterocycles. The standard InChI is InChI=1S/C4H6O2S/c5-1-4(2-6)3-7/h1-2,4,7H,3H2. The molecule has 0 unspecified atom stereocenters. The summed E-state index contributed by atoms with van der Waals surface area (Å²) in [5.41, 5.74) is 0. The molecule has 0 rings (SSSR count). The summed E-state index contributed by atoms with van der Waals surface area (Å²) >= 11 is 3.71. The molecule has 0 radical (unpaired) electrons. The zero-order chi connectivity index (χ0) is 5.70. The van der Waals surface area contributed by atoms with Gasteiger partial charge in [0, 0.05) is 5.75 Å². The molecule has 2 nitrogen and oxygen atoms in total. The van der Waals surface area contributed by atoms with Gasteiger partial charge in [0.1, 0.15) is 12.6 Å². The van der Waals surface area contributed by atoms with E-state index in [2.05, 4.69) is 12.6 Å². The van der Waals surface area contributed by atoms with Crippen molar-refractivity contribution in [3.8, 4) is 0 Å². The highest BCUT2D eigenvalue weighted by atomic mass is 32.1. The molecule has 0 fully saturated rings. The van der Waals surface area contributed by atoms with Gasteiger partial charge in [-0.3, -0.25) is 0 Å². The molecule has 0 aromatic heterocycles. The van der Waals surface area contributed by atoms with Crippen molar-refractivity contribution in [2.24, 2.45) is 5.92 Å². The fourth-order valence-electron chi connectivity index (χ4n) is 0.118. The fraction of sp³-hybridized carbons (Fsp3) is 0.500. The van der Waals surface area contributed by atoms with E-state index in [1.807, 2.05) is 0 Å². The zero-order valence-corrected chi connectivity index (χ0v) is 4.60. The maximum absolute atomic E-state index is 9.69. The monoisotopic (exact) mass is 118 g/mol. The van der Waals surface area contributed by atoms with E-state index < -0.39 is 5.92 Å². The predicted octanol–water partition coefficient (Wildman–Crippen LogP) is -0.0698. The SMILES string of the molecule is O=CC(C=O)CS. The highest BCUT2D eigenvalue weighted by molar-refractivity contribution is 7.80. The molecule has 0 aromatic carbocycles. The molecule has 3 heteroatoms. The van der Waals surface area contributed by atoms with Crippen LogP contribution in [0.5, 0.6) is 0 Å². The Labute approximate surface area is 47.3 Å². The third-order valence-corrected chi connectivity index (χ3v) is 0.982. The van der Waals surface area contributed by atoms with Gasteiger partial charge in [-0.05, 0) is 0 Å². The molecular formula is C4H6O2S. The second-order valence-electron chi connectivity index (χ2n) is 1.12. The second kappa shape index (κ2) is 3.87. The number of hydrogen-bond donors (Lipinski definition) is 1. The predicted molar refractivity (Wildman–Crippen MR) is 29.5 cm³/mol. The zero-order valence-electron chi connectivity index (χ0n) is 3.70. The lowest BCUT2D eigenvalue weighted by atomic mass is 10.2. The Hall–Kier alpha value is -0.310. The molecule has 0 aromatic rings. The van der Waals surface area contributed by atoms with Gasteiger partial charge in [-0.15, -0.1) is 0 Å². The first-order valence-electron chi connectivity index (χ1n) is 1.86. The first-order chi connectivity index (χ1) is 3.35. The number of thiol groups is 1. The van der Waals surface area contributed by atoms with Crippen LogP contribution in [0.1, 0.15) is 0 Å². The van der Waals surface area contributed by atoms with E-state index in [1.165, 1.54) is 0 Å². The largest absolute Gasteiger partial charge is 0.303 e. The highest BCUT2D eigenvalue weighted by Gasteiger charge is 1.98. The van der Waals surface area contributed by atoms with Crippen molar-refractivity contribution in [1.29, 1.82) is 0 Å². The van der Waals surface area contributed by atoms with Gasteiger partial charge in [0.05, 0.1) is 5.92 Å². The molecule has 40 valence electrons. The van der Waals surface area contributed by atoms with Crippen molar-refractivity contribution in [3.05, 3.63) is 0 Å². The fourth-order valence-corrected chi connectivity index (χ4v) is 0.290. The molecule has 0 aliphatic rings. The van der Waals surface area contributed by atoms with Gasteiger partial charge in [-0.25, -0.2) is 0 Å². The van der Waals surface area contributed by atoms with Crippen LogP contribution in [0.2, 0.25) is 0 Å². The molecular weight excluding hydrogens is 112 g/mol. The van der Waals surface area contributed by atoms with Crippen LogP contribution in [0.3, 0.4) is 0 Å². The van der Waals surface area contributed by atoms with E-state index in [0.29, 0.717) is 18.3 Å². The smallest absolute Gasteiger partial charge is 0.130 e. The second-order valence-corrected chi connectivity index (χ2v) is 1.48. The van der Waals surface area contributed by atoms with Gasteiger partial charge in [-0.1, -0.05) is 0 Å². The lowest BCUT2D eigenvalue weighted by molar-refractivity contribution is -0.118. The molecule has 0 bridgehead atoms. The Balaban J connectivity index is 3.36. The van der Waals surface area contributed by atoms with Crippen molar-refractivity contribution in [2.45, 2.75) is 0 Å². The van der Waals surface area contributed by atoms with Crippen LogP contribution in [0.15, 0.2) is 0 Å². The van der Waals surface area contributed by atoms with E-state index in [4.69, 9.17) is 0 Å². The van der Waals surface area contributed by atoms with Crippen LogP contribution < -0.4 is 0 Å². The Morgan fingerprint density at radius 1 is 1.43 bits per heavy atom. The Morgan fingerprint density at radius 3 is 1.86 bits per heavy atom. The molecule has 0 amide bonds. The summed E-state index contributed by atoms with van der Waals surface area (Å²) in [7, 11) is 0. The summed E-state index contributed by atoms with van der Waals surface area (Å²) in [6.07, 6.45) is 1.17. The van der Waals surface area contributed by atoms with Crippen molar-refractivity contribution in [1.82, 2.24) is 0 Å². The third-order valence-electron chi connectivity index (χ3n) is 0.560. The molecule has 0 aliphatic carbocycles. The van der Waals surface area contributed by atoms with Crippen molar-refractivity contribution in [3.63, 3.8) is 0 Å². The van der Waals surface area contributed by atoms with E-state index in [-0.39, 0.29) is 0 Å². The molecule has 0 N–H and O–H groups in total. The van der Waals surface area contributed by atoms with Gasteiger partial charge < -0.3 is 9.59 Å². The lowest BCUT2D eigenvalue weighted by Crippen LogP contribution is -2.03. The molecule has 0 spiro atoms. The molecule has 0 saturated heterocycles. The number of aldehydes is 2. The maximum atomic E-state index is 9.69. The highest BCUT2D eigenvalue weighted by Crippen LogP contribution is 1.86. The average molecular weight is 118 g/mol. The molecule has 7 heavy (non-hydrogen) atoms. The minimum absolute atomic E-state index is 0.312. The van der Waals surface area contributed by atoms with Gasteiger partial charge in [0.25, 0.3) is 0 Å². The number of carbonyl (C=O) groups excluding carboxylic acids is 2. The first kappa shape index (κ1) is 6.69. The summed E-state index contributed by atoms with van der Waals surface area (Å²) in [5, 5.41) is 0. The van der Waals surface area contributed by atoms with Crippen molar-refractivity contribution < 1.29 is 9.59 Å². The third kappa shape index (κ3) is 2.39. The normalized spacial score (nSPS) is 8.86. The summed E-state index contributed by atoms with van der Waals surface area (Å²) in [4.78, 5) is 19.4. The van der Waals surface area contributed by atoms with Crippen molar-refractivity contribution in [2.75, 3.05) is 5.75 Å². The van der Waals surface area contributed by atoms with Crippen LogP contribution in [-0.2, 0) is 9.59 Å². The van der Waals surface area contributed by atoms with Gasteiger partial charge in [0.15, 0.2) is 0 Å². The molecule has 0 atom stereocenters. The van der Waals surface area contributed by atoms with Crippen LogP contribution in [0.4, 0.5) is 0 Å². The Bertz CT molecular complexity index is 64.1. The summed E-state index contributed by atoms with van der Waals surface area (Å²) in [5.74, 6) is -0.198. The Morgan fingerprint density at radius 2 is 1.86 bits per heavy atom. The van der Waals surface area contributed by atoms with Gasteiger partial charge in [0.2, 0.25) is 0 Å². The van der Waals surface area contributed by atoms with E-state index in [9.17, 15) is 9.59 Å². The van der Waals surface area contributed by atoms with Crippen LogP contribution in [0, 0.1) is 5.92 Å². The number of hydrogen-bond acceptors (Lipinski definition) is 3. The Kier molecular flexibility index (Phi) is 3.69. The molecule has 0 heterocycles. The summed E-state index contributed by atoms with van der Waals surface area (Å²) in [6, 6.07) is 0. The van der Waals surface area contributed by atoms with E-state index in [0.717, 1.165) is 0 Å². The number of carbonyl (C=O) groups is 2. The maximum Gasteiger partial charge on any atom is 0.130 e. The molecule has 0 saturated carbocycles. The van der Waals surface area contributed by atoms with Crippen LogP contribution in [0.25, 0.3) is 0 Å². The van der Waals surface area contributed by atoms with Gasteiger partial charge in [-0.2, -0.15) is 12.6 Å². The van der Waals surface area contributed by atoms with Crippen molar-refractivity contribution >= 4 is 25.2 Å².